The largest absolute Gasteiger partial charge is 0.378 e. The predicted octanol–water partition coefficient (Wildman–Crippen LogP) is -2.36. The molecule has 0 bridgehead atoms. The summed E-state index contributed by atoms with van der Waals surface area (Å²) < 4.78 is 5.26. The highest BCUT2D eigenvalue weighted by Gasteiger charge is 2.30. The van der Waals surface area contributed by atoms with Crippen molar-refractivity contribution in [3.05, 3.63) is 0 Å². The van der Waals surface area contributed by atoms with Crippen LogP contribution in [0, 0.1) is 0 Å². The van der Waals surface area contributed by atoms with Gasteiger partial charge in [-0.05, 0) is 6.92 Å². The maximum Gasteiger partial charge on any atom is 0.239 e. The lowest BCUT2D eigenvalue weighted by atomic mass is 10.1. The number of nitrogens with one attached hydrogen (secondary N) is 1. The Morgan fingerprint density at radius 1 is 1.59 bits per heavy atom. The fourth-order valence-corrected chi connectivity index (χ4v) is 1.73. The third kappa shape index (κ3) is 3.95. The van der Waals surface area contributed by atoms with Gasteiger partial charge in [-0.2, -0.15) is 0 Å². The zero-order valence-corrected chi connectivity index (χ0v) is 10.0. The number of hydrogen-bond acceptors (Lipinski definition) is 5. The van der Waals surface area contributed by atoms with Gasteiger partial charge in [0.25, 0.3) is 0 Å². The molecular formula is C10H20N4O3. The molecule has 2 amide bonds. The van der Waals surface area contributed by atoms with Crippen LogP contribution in [-0.2, 0) is 14.3 Å². The molecule has 7 heteroatoms. The first kappa shape index (κ1) is 13.9. The van der Waals surface area contributed by atoms with Crippen molar-refractivity contribution in [3.8, 4) is 0 Å². The summed E-state index contributed by atoms with van der Waals surface area (Å²) in [4.78, 5) is 24.5. The van der Waals surface area contributed by atoms with Gasteiger partial charge in [-0.15, -0.1) is 0 Å². The van der Waals surface area contributed by atoms with Gasteiger partial charge in [0.2, 0.25) is 11.8 Å². The predicted molar refractivity (Wildman–Crippen MR) is 62.0 cm³/mol. The minimum Gasteiger partial charge on any atom is -0.378 e. The van der Waals surface area contributed by atoms with Crippen LogP contribution in [0.3, 0.4) is 0 Å². The molecule has 0 aliphatic carbocycles. The number of carbonyl (C=O) groups excluding carboxylic acids is 2. The molecule has 98 valence electrons. The molecule has 0 radical (unpaired) electrons. The van der Waals surface area contributed by atoms with E-state index in [-0.39, 0.29) is 12.5 Å². The number of nitrogens with zero attached hydrogens (tertiary/aromatic N) is 1. The summed E-state index contributed by atoms with van der Waals surface area (Å²) in [6.07, 6.45) is 0. The van der Waals surface area contributed by atoms with Crippen molar-refractivity contribution >= 4 is 11.8 Å². The Kier molecular flexibility index (Phi) is 5.33. The maximum absolute atomic E-state index is 11.8. The highest BCUT2D eigenvalue weighted by Crippen LogP contribution is 2.07. The Bertz CT molecular complexity index is 285. The topological polar surface area (TPSA) is 111 Å². The second kappa shape index (κ2) is 6.53. The van der Waals surface area contributed by atoms with Crippen molar-refractivity contribution in [1.82, 2.24) is 10.2 Å². The van der Waals surface area contributed by atoms with Crippen molar-refractivity contribution in [2.45, 2.75) is 19.0 Å². The van der Waals surface area contributed by atoms with Gasteiger partial charge in [0, 0.05) is 19.6 Å². The van der Waals surface area contributed by atoms with Gasteiger partial charge in [-0.25, -0.2) is 0 Å². The second-order valence-electron chi connectivity index (χ2n) is 3.99. The van der Waals surface area contributed by atoms with Crippen molar-refractivity contribution in [1.29, 1.82) is 0 Å². The van der Waals surface area contributed by atoms with Crippen molar-refractivity contribution in [2.75, 3.05) is 32.8 Å². The van der Waals surface area contributed by atoms with Crippen molar-refractivity contribution in [3.63, 3.8) is 0 Å². The third-order valence-corrected chi connectivity index (χ3v) is 2.69. The summed E-state index contributed by atoms with van der Waals surface area (Å²) in [5.74, 6) is -0.671. The van der Waals surface area contributed by atoms with Crippen LogP contribution < -0.4 is 16.8 Å². The molecule has 2 atom stereocenters. The zero-order valence-electron chi connectivity index (χ0n) is 10.0. The molecule has 0 saturated carbocycles. The van der Waals surface area contributed by atoms with Gasteiger partial charge in [-0.3, -0.25) is 14.5 Å². The Labute approximate surface area is 100 Å². The van der Waals surface area contributed by atoms with E-state index in [1.54, 1.807) is 0 Å². The first-order valence-corrected chi connectivity index (χ1v) is 5.70. The molecule has 5 N–H and O–H groups in total. The Balaban J connectivity index is 2.59. The number of carbonyl (C=O) groups is 2. The van der Waals surface area contributed by atoms with Gasteiger partial charge in [0.05, 0.1) is 19.3 Å². The number of rotatable bonds is 5. The Morgan fingerprint density at radius 2 is 2.29 bits per heavy atom. The molecule has 1 rings (SSSR count). The maximum atomic E-state index is 11.8. The van der Waals surface area contributed by atoms with Crippen LogP contribution >= 0.6 is 0 Å². The Morgan fingerprint density at radius 3 is 2.88 bits per heavy atom. The van der Waals surface area contributed by atoms with Crippen LogP contribution in [0.2, 0.25) is 0 Å². The van der Waals surface area contributed by atoms with Crippen molar-refractivity contribution in [2.24, 2.45) is 11.5 Å². The molecule has 1 aliphatic rings. The zero-order chi connectivity index (χ0) is 12.8. The monoisotopic (exact) mass is 244 g/mol. The second-order valence-corrected chi connectivity index (χ2v) is 3.99. The fourth-order valence-electron chi connectivity index (χ4n) is 1.73. The van der Waals surface area contributed by atoms with E-state index in [0.29, 0.717) is 26.3 Å². The van der Waals surface area contributed by atoms with Gasteiger partial charge in [0.15, 0.2) is 0 Å². The summed E-state index contributed by atoms with van der Waals surface area (Å²) >= 11 is 0. The number of nitrogens with two attached hydrogens (primary N) is 2. The summed E-state index contributed by atoms with van der Waals surface area (Å²) in [6.45, 7) is 4.11. The minimum absolute atomic E-state index is 0.108. The van der Waals surface area contributed by atoms with Crippen LogP contribution in [0.25, 0.3) is 0 Å². The first-order valence-electron chi connectivity index (χ1n) is 5.70. The molecule has 2 unspecified atom stereocenters. The molecule has 0 aromatic rings. The van der Waals surface area contributed by atoms with Crippen LogP contribution in [0.15, 0.2) is 0 Å². The Hall–Kier alpha value is -1.18. The molecule has 0 aromatic heterocycles. The number of morpholine rings is 1. The molecule has 1 fully saturated rings. The molecule has 0 spiro atoms. The van der Waals surface area contributed by atoms with Crippen LogP contribution in [0.5, 0.6) is 0 Å². The smallest absolute Gasteiger partial charge is 0.239 e. The average Bonchev–Trinajstić information content (AvgIpc) is 2.29. The number of primary amides is 1. The lowest BCUT2D eigenvalue weighted by Crippen LogP contribution is -2.58. The van der Waals surface area contributed by atoms with E-state index in [2.05, 4.69) is 5.32 Å². The molecular weight excluding hydrogens is 224 g/mol. The lowest BCUT2D eigenvalue weighted by Gasteiger charge is -2.35. The van der Waals surface area contributed by atoms with Gasteiger partial charge in [-0.1, -0.05) is 0 Å². The van der Waals surface area contributed by atoms with E-state index in [1.807, 2.05) is 11.8 Å². The van der Waals surface area contributed by atoms with E-state index in [1.165, 1.54) is 0 Å². The summed E-state index contributed by atoms with van der Waals surface area (Å²) in [7, 11) is 0. The lowest BCUT2D eigenvalue weighted by molar-refractivity contribution is -0.133. The van der Waals surface area contributed by atoms with E-state index in [0.717, 1.165) is 0 Å². The number of ether oxygens (including phenoxy) is 1. The SMILES string of the molecule is CCNC(=O)C1COCCN1CC(N)C(N)=O. The summed E-state index contributed by atoms with van der Waals surface area (Å²) in [6, 6.07) is -1.15. The van der Waals surface area contributed by atoms with Gasteiger partial charge >= 0.3 is 0 Å². The van der Waals surface area contributed by atoms with Gasteiger partial charge < -0.3 is 21.5 Å². The molecule has 1 heterocycles. The van der Waals surface area contributed by atoms with E-state index in [9.17, 15) is 9.59 Å². The quantitative estimate of drug-likeness (QED) is 0.501. The van der Waals surface area contributed by atoms with E-state index in [4.69, 9.17) is 16.2 Å². The van der Waals surface area contributed by atoms with Gasteiger partial charge in [0.1, 0.15) is 6.04 Å². The standard InChI is InChI=1S/C10H20N4O3/c1-2-13-10(16)8-6-17-4-3-14(8)5-7(11)9(12)15/h7-8H,2-6,11H2,1H3,(H2,12,15)(H,13,16). The minimum atomic E-state index is -0.759. The molecule has 1 saturated heterocycles. The molecule has 0 aromatic carbocycles. The van der Waals surface area contributed by atoms with E-state index < -0.39 is 18.0 Å². The fraction of sp³-hybridized carbons (Fsp3) is 0.800. The van der Waals surface area contributed by atoms with Crippen LogP contribution in [-0.4, -0.2) is 61.6 Å². The number of likely N-dealkylation sites (N-methyl/N-ethyl adjacent to an activating group) is 1. The highest BCUT2D eigenvalue weighted by molar-refractivity contribution is 5.82. The molecule has 7 nitrogen and oxygen atoms in total. The van der Waals surface area contributed by atoms with Crippen LogP contribution in [0.4, 0.5) is 0 Å². The van der Waals surface area contributed by atoms with E-state index >= 15 is 0 Å². The number of hydrogen-bond donors (Lipinski definition) is 3. The third-order valence-electron chi connectivity index (χ3n) is 2.69. The number of amides is 2. The normalized spacial score (nSPS) is 23.1. The highest BCUT2D eigenvalue weighted by atomic mass is 16.5. The average molecular weight is 244 g/mol. The summed E-state index contributed by atoms with van der Waals surface area (Å²) in [5, 5.41) is 2.73. The first-order chi connectivity index (χ1) is 8.06. The van der Waals surface area contributed by atoms with Crippen molar-refractivity contribution < 1.29 is 14.3 Å². The summed E-state index contributed by atoms with van der Waals surface area (Å²) in [5.41, 5.74) is 10.7. The van der Waals surface area contributed by atoms with Crippen LogP contribution in [0.1, 0.15) is 6.92 Å². The molecule has 17 heavy (non-hydrogen) atoms. The molecule has 1 aliphatic heterocycles.